The van der Waals surface area contributed by atoms with Gasteiger partial charge in [0.1, 0.15) is 6.04 Å². The van der Waals surface area contributed by atoms with Crippen molar-refractivity contribution < 1.29 is 22.8 Å². The Kier molecular flexibility index (Phi) is 4.66. The molecule has 2 aromatic carbocycles. The van der Waals surface area contributed by atoms with Gasteiger partial charge in [-0.05, 0) is 48.9 Å². The maximum Gasteiger partial charge on any atom is 0.416 e. The molecule has 1 fully saturated rings. The molecule has 26 heavy (non-hydrogen) atoms. The van der Waals surface area contributed by atoms with Crippen molar-refractivity contribution in [3.05, 3.63) is 64.7 Å². The summed E-state index contributed by atoms with van der Waals surface area (Å²) in [5, 5.41) is 0.475. The number of anilines is 1. The van der Waals surface area contributed by atoms with Crippen LogP contribution >= 0.6 is 11.6 Å². The third-order valence-electron chi connectivity index (χ3n) is 4.20. The molecule has 0 bridgehead atoms. The van der Waals surface area contributed by atoms with E-state index in [0.717, 1.165) is 17.0 Å². The Balaban J connectivity index is 1.81. The lowest BCUT2D eigenvalue weighted by molar-refractivity contribution is -0.137. The van der Waals surface area contributed by atoms with Crippen LogP contribution in [0, 0.1) is 0 Å². The zero-order chi connectivity index (χ0) is 19.1. The molecular formula is C18H14ClF3N2O2. The van der Waals surface area contributed by atoms with Gasteiger partial charge in [0, 0.05) is 11.6 Å². The van der Waals surface area contributed by atoms with Crippen LogP contribution in [-0.2, 0) is 17.5 Å². The van der Waals surface area contributed by atoms with Crippen LogP contribution in [0.25, 0.3) is 0 Å². The number of benzene rings is 2. The lowest BCUT2D eigenvalue weighted by Gasteiger charge is -2.19. The number of halogens is 4. The largest absolute Gasteiger partial charge is 0.416 e. The summed E-state index contributed by atoms with van der Waals surface area (Å²) in [6, 6.07) is 9.54. The number of amides is 3. The number of carbonyl (C=O) groups excluding carboxylic acids is 2. The third-order valence-corrected chi connectivity index (χ3v) is 4.45. The molecule has 1 aliphatic heterocycles. The summed E-state index contributed by atoms with van der Waals surface area (Å²) in [7, 11) is 0. The van der Waals surface area contributed by atoms with E-state index in [4.69, 9.17) is 11.6 Å². The summed E-state index contributed by atoms with van der Waals surface area (Å²) in [4.78, 5) is 27.5. The van der Waals surface area contributed by atoms with Crippen LogP contribution < -0.4 is 4.90 Å². The number of urea groups is 1. The zero-order valence-electron chi connectivity index (χ0n) is 13.6. The fourth-order valence-electron chi connectivity index (χ4n) is 2.74. The molecule has 1 aliphatic rings. The van der Waals surface area contributed by atoms with Crippen molar-refractivity contribution in [2.75, 3.05) is 4.90 Å². The second-order valence-electron chi connectivity index (χ2n) is 5.93. The molecule has 0 radical (unpaired) electrons. The molecule has 0 aliphatic carbocycles. The van der Waals surface area contributed by atoms with Crippen molar-refractivity contribution in [3.8, 4) is 0 Å². The lowest BCUT2D eigenvalue weighted by Crippen LogP contribution is -2.33. The summed E-state index contributed by atoms with van der Waals surface area (Å²) in [5.41, 5.74) is 0.135. The molecule has 3 rings (SSSR count). The van der Waals surface area contributed by atoms with Crippen LogP contribution in [-0.4, -0.2) is 22.9 Å². The molecule has 4 nitrogen and oxygen atoms in total. The van der Waals surface area contributed by atoms with Crippen molar-refractivity contribution >= 4 is 29.2 Å². The second-order valence-corrected chi connectivity index (χ2v) is 6.37. The highest BCUT2D eigenvalue weighted by atomic mass is 35.5. The first-order valence-corrected chi connectivity index (χ1v) is 8.12. The topological polar surface area (TPSA) is 40.6 Å². The highest BCUT2D eigenvalue weighted by Crippen LogP contribution is 2.30. The minimum Gasteiger partial charge on any atom is -0.308 e. The van der Waals surface area contributed by atoms with Gasteiger partial charge in [0.25, 0.3) is 5.91 Å². The third kappa shape index (κ3) is 3.39. The first-order valence-electron chi connectivity index (χ1n) is 7.75. The van der Waals surface area contributed by atoms with E-state index in [1.807, 2.05) is 0 Å². The average molecular weight is 383 g/mol. The molecule has 2 aromatic rings. The minimum atomic E-state index is -4.42. The van der Waals surface area contributed by atoms with Gasteiger partial charge in [0.2, 0.25) is 0 Å². The summed E-state index contributed by atoms with van der Waals surface area (Å²) >= 11 is 5.82. The summed E-state index contributed by atoms with van der Waals surface area (Å²) in [6.07, 6.45) is -4.42. The maximum absolute atomic E-state index is 12.7. The molecule has 8 heteroatoms. The zero-order valence-corrected chi connectivity index (χ0v) is 14.4. The smallest absolute Gasteiger partial charge is 0.308 e. The Morgan fingerprint density at radius 2 is 1.58 bits per heavy atom. The number of imide groups is 1. The Morgan fingerprint density at radius 1 is 1.00 bits per heavy atom. The molecule has 0 aromatic heterocycles. The Hall–Kier alpha value is -2.54. The van der Waals surface area contributed by atoms with Crippen LogP contribution in [0.15, 0.2) is 48.5 Å². The van der Waals surface area contributed by atoms with Gasteiger partial charge in [-0.25, -0.2) is 9.69 Å². The lowest BCUT2D eigenvalue weighted by atomic mass is 10.1. The molecular weight excluding hydrogens is 369 g/mol. The van der Waals surface area contributed by atoms with Gasteiger partial charge in [-0.2, -0.15) is 13.2 Å². The maximum atomic E-state index is 12.7. The van der Waals surface area contributed by atoms with Gasteiger partial charge < -0.3 is 4.90 Å². The van der Waals surface area contributed by atoms with Crippen molar-refractivity contribution in [3.63, 3.8) is 0 Å². The predicted molar refractivity (Wildman–Crippen MR) is 90.8 cm³/mol. The van der Waals surface area contributed by atoms with Crippen molar-refractivity contribution in [2.24, 2.45) is 0 Å². The molecule has 0 spiro atoms. The van der Waals surface area contributed by atoms with E-state index in [1.165, 1.54) is 17.0 Å². The number of hydrogen-bond donors (Lipinski definition) is 0. The van der Waals surface area contributed by atoms with Crippen LogP contribution in [0.1, 0.15) is 18.1 Å². The number of rotatable bonds is 3. The quantitative estimate of drug-likeness (QED) is 0.721. The number of alkyl halides is 3. The highest BCUT2D eigenvalue weighted by molar-refractivity contribution is 6.30. The highest BCUT2D eigenvalue weighted by Gasteiger charge is 2.43. The van der Waals surface area contributed by atoms with E-state index in [1.54, 1.807) is 31.2 Å². The Bertz CT molecular complexity index is 835. The molecule has 1 saturated heterocycles. The minimum absolute atomic E-state index is 0.0357. The number of nitrogens with zero attached hydrogens (tertiary/aromatic N) is 2. The van der Waals surface area contributed by atoms with Crippen molar-refractivity contribution in [1.29, 1.82) is 0 Å². The molecule has 0 saturated carbocycles. The molecule has 136 valence electrons. The van der Waals surface area contributed by atoms with Crippen molar-refractivity contribution in [1.82, 2.24) is 4.90 Å². The molecule has 1 atom stereocenters. The normalized spacial score (nSPS) is 18.0. The monoisotopic (exact) mass is 382 g/mol. The predicted octanol–water partition coefficient (Wildman–Crippen LogP) is 4.72. The SMILES string of the molecule is C[C@H]1C(=O)N(c2ccc(Cl)cc2)C(=O)N1Cc1ccc(C(F)(F)F)cc1. The summed E-state index contributed by atoms with van der Waals surface area (Å²) < 4.78 is 37.9. The standard InChI is InChI=1S/C18H14ClF3N2O2/c1-11-16(25)24(15-8-6-14(19)7-9-15)17(26)23(11)10-12-2-4-13(5-3-12)18(20,21)22/h2-9,11H,10H2,1H3/t11-/m0/s1. The van der Waals surface area contributed by atoms with Crippen molar-refractivity contribution in [2.45, 2.75) is 25.7 Å². The first kappa shape index (κ1) is 18.3. The first-order chi connectivity index (χ1) is 12.2. The van der Waals surface area contributed by atoms with E-state index in [-0.39, 0.29) is 6.54 Å². The number of carbonyl (C=O) groups is 2. The van der Waals surface area contributed by atoms with Crippen LogP contribution in [0.4, 0.5) is 23.7 Å². The summed E-state index contributed by atoms with van der Waals surface area (Å²) in [6.45, 7) is 1.62. The van der Waals surface area contributed by atoms with Gasteiger partial charge in [-0.15, -0.1) is 0 Å². The fourth-order valence-corrected chi connectivity index (χ4v) is 2.86. The van der Waals surface area contributed by atoms with E-state index in [0.29, 0.717) is 16.3 Å². The molecule has 0 unspecified atom stereocenters. The van der Waals surface area contributed by atoms with Crippen LogP contribution in [0.2, 0.25) is 5.02 Å². The van der Waals surface area contributed by atoms with E-state index in [2.05, 4.69) is 0 Å². The Morgan fingerprint density at radius 3 is 2.12 bits per heavy atom. The molecule has 3 amide bonds. The Labute approximate surface area is 152 Å². The van der Waals surface area contributed by atoms with Gasteiger partial charge in [0.15, 0.2) is 0 Å². The second kappa shape index (κ2) is 6.64. The van der Waals surface area contributed by atoms with Crippen LogP contribution in [0.5, 0.6) is 0 Å². The van der Waals surface area contributed by atoms with Gasteiger partial charge in [-0.3, -0.25) is 4.79 Å². The van der Waals surface area contributed by atoms with E-state index in [9.17, 15) is 22.8 Å². The molecule has 1 heterocycles. The van der Waals surface area contributed by atoms with Crippen LogP contribution in [0.3, 0.4) is 0 Å². The van der Waals surface area contributed by atoms with Gasteiger partial charge in [-0.1, -0.05) is 23.7 Å². The van der Waals surface area contributed by atoms with Gasteiger partial charge in [0.05, 0.1) is 11.3 Å². The van der Waals surface area contributed by atoms with E-state index < -0.39 is 29.7 Å². The fraction of sp³-hybridized carbons (Fsp3) is 0.222. The van der Waals surface area contributed by atoms with Gasteiger partial charge >= 0.3 is 12.2 Å². The molecule has 0 N–H and O–H groups in total. The summed E-state index contributed by atoms with van der Waals surface area (Å²) in [5.74, 6) is -0.399. The average Bonchev–Trinajstić information content (AvgIpc) is 2.79. The van der Waals surface area contributed by atoms with E-state index >= 15 is 0 Å². The number of hydrogen-bond acceptors (Lipinski definition) is 2.